The molecule has 0 aliphatic carbocycles. The third-order valence-electron chi connectivity index (χ3n) is 3.71. The van der Waals surface area contributed by atoms with Crippen LogP contribution < -0.4 is 10.6 Å². The molecule has 3 heteroatoms. The minimum Gasteiger partial charge on any atom is -0.399 e. The molecule has 1 heterocycles. The predicted molar refractivity (Wildman–Crippen MR) is 77.2 cm³/mol. The van der Waals surface area contributed by atoms with Crippen LogP contribution in [0.1, 0.15) is 18.9 Å². The van der Waals surface area contributed by atoms with E-state index in [0.29, 0.717) is 11.7 Å². The zero-order valence-electron chi connectivity index (χ0n) is 10.9. The predicted octanol–water partition coefficient (Wildman–Crippen LogP) is 3.88. The van der Waals surface area contributed by atoms with E-state index in [1.165, 1.54) is 11.6 Å². The topological polar surface area (TPSA) is 29.3 Å². The van der Waals surface area contributed by atoms with E-state index in [9.17, 15) is 4.39 Å². The van der Waals surface area contributed by atoms with E-state index < -0.39 is 0 Å². The van der Waals surface area contributed by atoms with Crippen molar-refractivity contribution < 1.29 is 4.39 Å². The van der Waals surface area contributed by atoms with E-state index in [4.69, 9.17) is 5.73 Å². The van der Waals surface area contributed by atoms with Gasteiger partial charge in [0.1, 0.15) is 5.82 Å². The molecular formula is C16H17FN2. The van der Waals surface area contributed by atoms with Gasteiger partial charge in [-0.3, -0.25) is 0 Å². The van der Waals surface area contributed by atoms with Crippen molar-refractivity contribution in [1.82, 2.24) is 0 Å². The molecule has 19 heavy (non-hydrogen) atoms. The highest BCUT2D eigenvalue weighted by Gasteiger charge is 2.24. The summed E-state index contributed by atoms with van der Waals surface area (Å²) < 4.78 is 13.6. The number of halogens is 1. The molecule has 0 bridgehead atoms. The highest BCUT2D eigenvalue weighted by molar-refractivity contribution is 5.71. The van der Waals surface area contributed by atoms with Crippen molar-refractivity contribution in [3.05, 3.63) is 53.8 Å². The summed E-state index contributed by atoms with van der Waals surface area (Å²) in [5.74, 6) is -0.287. The first-order valence-electron chi connectivity index (χ1n) is 6.58. The quantitative estimate of drug-likeness (QED) is 0.784. The van der Waals surface area contributed by atoms with Crippen molar-refractivity contribution in [2.24, 2.45) is 0 Å². The zero-order chi connectivity index (χ0) is 13.4. The SMILES string of the molecule is CC1CCc2ccccc2N1c1cc(N)cc(F)c1. The fourth-order valence-corrected chi connectivity index (χ4v) is 2.82. The minimum atomic E-state index is -0.287. The maximum atomic E-state index is 13.6. The van der Waals surface area contributed by atoms with Gasteiger partial charge in [0.05, 0.1) is 0 Å². The first-order chi connectivity index (χ1) is 9.15. The molecule has 0 spiro atoms. The largest absolute Gasteiger partial charge is 0.399 e. The van der Waals surface area contributed by atoms with E-state index >= 15 is 0 Å². The van der Waals surface area contributed by atoms with Gasteiger partial charge in [0, 0.05) is 23.1 Å². The summed E-state index contributed by atoms with van der Waals surface area (Å²) in [4.78, 5) is 2.18. The van der Waals surface area contributed by atoms with Crippen LogP contribution in [0.3, 0.4) is 0 Å². The smallest absolute Gasteiger partial charge is 0.127 e. The number of anilines is 3. The fraction of sp³-hybridized carbons (Fsp3) is 0.250. The molecule has 0 saturated carbocycles. The minimum absolute atomic E-state index is 0.287. The number of nitrogens with zero attached hydrogens (tertiary/aromatic N) is 1. The highest BCUT2D eigenvalue weighted by Crippen LogP contribution is 2.37. The van der Waals surface area contributed by atoms with Gasteiger partial charge in [0.25, 0.3) is 0 Å². The summed E-state index contributed by atoms with van der Waals surface area (Å²) in [6, 6.07) is 13.4. The van der Waals surface area contributed by atoms with E-state index in [0.717, 1.165) is 24.2 Å². The fourth-order valence-electron chi connectivity index (χ4n) is 2.82. The van der Waals surface area contributed by atoms with Crippen LogP contribution in [0, 0.1) is 5.82 Å². The summed E-state index contributed by atoms with van der Waals surface area (Å²) in [7, 11) is 0. The molecule has 0 amide bonds. The third kappa shape index (κ3) is 2.16. The van der Waals surface area contributed by atoms with E-state index in [1.807, 2.05) is 18.2 Å². The lowest BCUT2D eigenvalue weighted by Crippen LogP contribution is -2.33. The number of nitrogens with two attached hydrogens (primary N) is 1. The van der Waals surface area contributed by atoms with Crippen molar-refractivity contribution in [1.29, 1.82) is 0 Å². The lowest BCUT2D eigenvalue weighted by atomic mass is 9.96. The molecular weight excluding hydrogens is 239 g/mol. The van der Waals surface area contributed by atoms with Gasteiger partial charge < -0.3 is 10.6 Å². The number of rotatable bonds is 1. The lowest BCUT2D eigenvalue weighted by molar-refractivity contribution is 0.608. The molecule has 1 aliphatic heterocycles. The Morgan fingerprint density at radius 1 is 1.21 bits per heavy atom. The van der Waals surface area contributed by atoms with Crippen molar-refractivity contribution >= 4 is 17.1 Å². The zero-order valence-corrected chi connectivity index (χ0v) is 10.9. The third-order valence-corrected chi connectivity index (χ3v) is 3.71. The molecule has 0 aromatic heterocycles. The molecule has 1 aliphatic rings. The maximum Gasteiger partial charge on any atom is 0.127 e. The Hall–Kier alpha value is -2.03. The Balaban J connectivity index is 2.13. The van der Waals surface area contributed by atoms with Gasteiger partial charge in [-0.15, -0.1) is 0 Å². The molecule has 1 atom stereocenters. The number of hydrogen-bond donors (Lipinski definition) is 1. The number of hydrogen-bond acceptors (Lipinski definition) is 2. The van der Waals surface area contributed by atoms with Gasteiger partial charge in [-0.25, -0.2) is 4.39 Å². The van der Waals surface area contributed by atoms with Crippen LogP contribution in [-0.2, 0) is 6.42 Å². The lowest BCUT2D eigenvalue weighted by Gasteiger charge is -2.37. The maximum absolute atomic E-state index is 13.6. The Labute approximate surface area is 112 Å². The van der Waals surface area contributed by atoms with Crippen LogP contribution >= 0.6 is 0 Å². The van der Waals surface area contributed by atoms with E-state index in [-0.39, 0.29) is 5.82 Å². The molecule has 2 aromatic rings. The number of nitrogen functional groups attached to an aromatic ring is 1. The summed E-state index contributed by atoms with van der Waals surface area (Å²) in [5.41, 5.74) is 9.53. The summed E-state index contributed by atoms with van der Waals surface area (Å²) in [6.07, 6.45) is 2.13. The van der Waals surface area contributed by atoms with Crippen LogP contribution in [-0.4, -0.2) is 6.04 Å². The van der Waals surface area contributed by atoms with Gasteiger partial charge in [0.2, 0.25) is 0 Å². The van der Waals surface area contributed by atoms with Crippen molar-refractivity contribution in [2.45, 2.75) is 25.8 Å². The van der Waals surface area contributed by atoms with Crippen LogP contribution in [0.15, 0.2) is 42.5 Å². The standard InChI is InChI=1S/C16H17FN2/c1-11-6-7-12-4-2-3-5-16(12)19(11)15-9-13(17)8-14(18)10-15/h2-5,8-11H,6-7,18H2,1H3. The molecule has 2 aromatic carbocycles. The first kappa shape index (κ1) is 12.0. The second kappa shape index (κ2) is 4.57. The van der Waals surface area contributed by atoms with Crippen molar-refractivity contribution in [3.63, 3.8) is 0 Å². The van der Waals surface area contributed by atoms with Crippen LogP contribution in [0.5, 0.6) is 0 Å². The Morgan fingerprint density at radius 3 is 2.79 bits per heavy atom. The molecule has 2 N–H and O–H groups in total. The molecule has 1 unspecified atom stereocenters. The van der Waals surface area contributed by atoms with Crippen LogP contribution in [0.4, 0.5) is 21.5 Å². The molecule has 0 saturated heterocycles. The average molecular weight is 256 g/mol. The Kier molecular flexibility index (Phi) is 2.90. The number of fused-ring (bicyclic) bond motifs is 1. The van der Waals surface area contributed by atoms with Crippen molar-refractivity contribution in [3.8, 4) is 0 Å². The van der Waals surface area contributed by atoms with Gasteiger partial charge in [-0.05, 0) is 49.6 Å². The molecule has 3 rings (SSSR count). The molecule has 0 fully saturated rings. The first-order valence-corrected chi connectivity index (χ1v) is 6.58. The normalized spacial score (nSPS) is 18.2. The molecule has 2 nitrogen and oxygen atoms in total. The van der Waals surface area contributed by atoms with Gasteiger partial charge in [0.15, 0.2) is 0 Å². The van der Waals surface area contributed by atoms with Crippen LogP contribution in [0.25, 0.3) is 0 Å². The summed E-state index contributed by atoms with van der Waals surface area (Å²) >= 11 is 0. The van der Waals surface area contributed by atoms with Gasteiger partial charge >= 0.3 is 0 Å². The van der Waals surface area contributed by atoms with Crippen molar-refractivity contribution in [2.75, 3.05) is 10.6 Å². The van der Waals surface area contributed by atoms with Gasteiger partial charge in [-0.2, -0.15) is 0 Å². The van der Waals surface area contributed by atoms with Crippen LogP contribution in [0.2, 0.25) is 0 Å². The summed E-state index contributed by atoms with van der Waals surface area (Å²) in [5, 5.41) is 0. The Morgan fingerprint density at radius 2 is 2.00 bits per heavy atom. The Bertz CT molecular complexity index is 589. The van der Waals surface area contributed by atoms with E-state index in [1.54, 1.807) is 6.07 Å². The number of benzene rings is 2. The summed E-state index contributed by atoms with van der Waals surface area (Å²) in [6.45, 7) is 2.16. The molecule has 0 radical (unpaired) electrons. The highest BCUT2D eigenvalue weighted by atomic mass is 19.1. The molecule has 98 valence electrons. The average Bonchev–Trinajstić information content (AvgIpc) is 2.37. The number of aryl methyl sites for hydroxylation is 1. The number of para-hydroxylation sites is 1. The second-order valence-corrected chi connectivity index (χ2v) is 5.13. The second-order valence-electron chi connectivity index (χ2n) is 5.13. The van der Waals surface area contributed by atoms with Gasteiger partial charge in [-0.1, -0.05) is 18.2 Å². The monoisotopic (exact) mass is 256 g/mol. The van der Waals surface area contributed by atoms with E-state index in [2.05, 4.69) is 24.0 Å².